The molecule has 0 aliphatic rings. The predicted octanol–water partition coefficient (Wildman–Crippen LogP) is 2.01. The lowest BCUT2D eigenvalue weighted by molar-refractivity contribution is -0.136. The van der Waals surface area contributed by atoms with Gasteiger partial charge in [-0.15, -0.1) is 0 Å². The number of aliphatic carboxylic acids is 1. The van der Waals surface area contributed by atoms with Crippen molar-refractivity contribution in [3.63, 3.8) is 0 Å². The Morgan fingerprint density at radius 1 is 1.47 bits per heavy atom. The van der Waals surface area contributed by atoms with Crippen LogP contribution in [0.5, 0.6) is 0 Å². The fourth-order valence-electron chi connectivity index (χ4n) is 0.982. The van der Waals surface area contributed by atoms with Crippen molar-refractivity contribution in [3.8, 4) is 0 Å². The number of halogens is 1. The Morgan fingerprint density at radius 3 is 2.47 bits per heavy atom. The van der Waals surface area contributed by atoms with Gasteiger partial charge in [-0.05, 0) is 47.2 Å². The molecule has 1 aromatic rings. The lowest BCUT2D eigenvalue weighted by Gasteiger charge is -2.06. The molecule has 0 heterocycles. The van der Waals surface area contributed by atoms with Crippen LogP contribution in [-0.2, 0) is 21.3 Å². The third-order valence-electron chi connectivity index (χ3n) is 1.96. The van der Waals surface area contributed by atoms with Crippen molar-refractivity contribution in [2.45, 2.75) is 17.9 Å². The van der Waals surface area contributed by atoms with Gasteiger partial charge in [-0.3, -0.25) is 9.00 Å². The molecular weight excluding hydrogens is 327 g/mol. The SMILES string of the molecule is CC(C(=O)O)S(=O)Cc1ccc(I)cc1. The van der Waals surface area contributed by atoms with Crippen molar-refractivity contribution >= 4 is 39.4 Å². The maximum absolute atomic E-state index is 11.6. The molecule has 0 spiro atoms. The largest absolute Gasteiger partial charge is 0.480 e. The van der Waals surface area contributed by atoms with Gasteiger partial charge in [0.1, 0.15) is 5.25 Å². The second kappa shape index (κ2) is 5.60. The molecule has 0 fully saturated rings. The molecule has 0 aliphatic carbocycles. The van der Waals surface area contributed by atoms with Crippen LogP contribution < -0.4 is 0 Å². The van der Waals surface area contributed by atoms with Crippen LogP contribution in [0.15, 0.2) is 24.3 Å². The number of benzene rings is 1. The van der Waals surface area contributed by atoms with Crippen LogP contribution in [0.2, 0.25) is 0 Å². The molecule has 15 heavy (non-hydrogen) atoms. The Bertz CT molecular complexity index is 375. The van der Waals surface area contributed by atoms with Crippen LogP contribution in [0.4, 0.5) is 0 Å². The topological polar surface area (TPSA) is 54.4 Å². The standard InChI is InChI=1S/C10H11IO3S/c1-7(10(12)13)15(14)6-8-2-4-9(11)5-3-8/h2-5,7H,6H2,1H3,(H,12,13). The number of hydrogen-bond donors (Lipinski definition) is 1. The molecule has 1 N–H and O–H groups in total. The van der Waals surface area contributed by atoms with E-state index in [2.05, 4.69) is 22.6 Å². The Kier molecular flexibility index (Phi) is 4.72. The molecule has 2 atom stereocenters. The minimum Gasteiger partial charge on any atom is -0.480 e. The van der Waals surface area contributed by atoms with Crippen LogP contribution >= 0.6 is 22.6 Å². The summed E-state index contributed by atoms with van der Waals surface area (Å²) < 4.78 is 12.7. The second-order valence-corrected chi connectivity index (χ2v) is 6.13. The van der Waals surface area contributed by atoms with Gasteiger partial charge < -0.3 is 5.11 Å². The molecule has 0 radical (unpaired) electrons. The summed E-state index contributed by atoms with van der Waals surface area (Å²) in [5.41, 5.74) is 0.904. The summed E-state index contributed by atoms with van der Waals surface area (Å²) in [4.78, 5) is 10.6. The van der Waals surface area contributed by atoms with E-state index in [1.807, 2.05) is 24.3 Å². The Labute approximate surface area is 104 Å². The van der Waals surface area contributed by atoms with Crippen LogP contribution in [0.3, 0.4) is 0 Å². The van der Waals surface area contributed by atoms with E-state index in [4.69, 9.17) is 5.11 Å². The van der Waals surface area contributed by atoms with Crippen molar-refractivity contribution in [1.29, 1.82) is 0 Å². The van der Waals surface area contributed by atoms with Crippen LogP contribution in [0, 0.1) is 3.57 Å². The van der Waals surface area contributed by atoms with Gasteiger partial charge in [0.15, 0.2) is 0 Å². The fourth-order valence-corrected chi connectivity index (χ4v) is 2.34. The molecule has 82 valence electrons. The lowest BCUT2D eigenvalue weighted by atomic mass is 10.2. The molecule has 0 saturated carbocycles. The van der Waals surface area contributed by atoms with Gasteiger partial charge in [-0.25, -0.2) is 0 Å². The highest BCUT2D eigenvalue weighted by Crippen LogP contribution is 2.10. The van der Waals surface area contributed by atoms with Crippen LogP contribution in [-0.4, -0.2) is 20.5 Å². The average Bonchev–Trinajstić information content (AvgIpc) is 2.20. The smallest absolute Gasteiger partial charge is 0.318 e. The summed E-state index contributed by atoms with van der Waals surface area (Å²) in [6, 6.07) is 7.57. The van der Waals surface area contributed by atoms with Gasteiger partial charge in [0, 0.05) is 20.1 Å². The Hall–Kier alpha value is -0.430. The third-order valence-corrected chi connectivity index (χ3v) is 4.29. The van der Waals surface area contributed by atoms with Crippen molar-refractivity contribution < 1.29 is 14.1 Å². The molecule has 0 aliphatic heterocycles. The molecule has 0 aromatic heterocycles. The first-order valence-corrected chi connectivity index (χ1v) is 6.81. The Balaban J connectivity index is 2.66. The molecule has 5 heteroatoms. The van der Waals surface area contributed by atoms with E-state index in [9.17, 15) is 9.00 Å². The van der Waals surface area contributed by atoms with Crippen molar-refractivity contribution in [3.05, 3.63) is 33.4 Å². The van der Waals surface area contributed by atoms with Crippen molar-refractivity contribution in [2.75, 3.05) is 0 Å². The molecule has 2 unspecified atom stereocenters. The van der Waals surface area contributed by atoms with E-state index in [0.29, 0.717) is 5.75 Å². The second-order valence-electron chi connectivity index (χ2n) is 3.13. The zero-order valence-electron chi connectivity index (χ0n) is 8.14. The van der Waals surface area contributed by atoms with E-state index in [0.717, 1.165) is 9.13 Å². The maximum Gasteiger partial charge on any atom is 0.318 e. The van der Waals surface area contributed by atoms with Crippen LogP contribution in [0.1, 0.15) is 12.5 Å². The number of carboxylic acid groups (broad SMARTS) is 1. The van der Waals surface area contributed by atoms with E-state index < -0.39 is 22.0 Å². The normalized spacial score (nSPS) is 14.5. The number of hydrogen-bond acceptors (Lipinski definition) is 2. The van der Waals surface area contributed by atoms with Gasteiger partial charge in [0.25, 0.3) is 0 Å². The van der Waals surface area contributed by atoms with Gasteiger partial charge in [0.05, 0.1) is 0 Å². The first-order chi connectivity index (χ1) is 7.00. The highest BCUT2D eigenvalue weighted by molar-refractivity contribution is 14.1. The van der Waals surface area contributed by atoms with E-state index in [-0.39, 0.29) is 0 Å². The summed E-state index contributed by atoms with van der Waals surface area (Å²) in [7, 11) is -1.35. The summed E-state index contributed by atoms with van der Waals surface area (Å²) in [6.07, 6.45) is 0. The number of rotatable bonds is 4. The van der Waals surface area contributed by atoms with Gasteiger partial charge in [0.2, 0.25) is 0 Å². The van der Waals surface area contributed by atoms with Gasteiger partial charge >= 0.3 is 5.97 Å². The zero-order chi connectivity index (χ0) is 11.4. The Morgan fingerprint density at radius 2 is 2.00 bits per heavy atom. The minimum atomic E-state index is -1.35. The minimum absolute atomic E-state index is 0.296. The summed E-state index contributed by atoms with van der Waals surface area (Å²) in [6.45, 7) is 1.46. The summed E-state index contributed by atoms with van der Waals surface area (Å²) in [5.74, 6) is -0.719. The molecule has 1 aromatic carbocycles. The number of carboxylic acids is 1. The fraction of sp³-hybridized carbons (Fsp3) is 0.300. The third kappa shape index (κ3) is 3.90. The molecule has 3 nitrogen and oxygen atoms in total. The van der Waals surface area contributed by atoms with Gasteiger partial charge in [-0.1, -0.05) is 12.1 Å². The summed E-state index contributed by atoms with van der Waals surface area (Å²) in [5, 5.41) is 7.86. The summed E-state index contributed by atoms with van der Waals surface area (Å²) >= 11 is 2.18. The first kappa shape index (κ1) is 12.6. The molecular formula is C10H11IO3S. The van der Waals surface area contributed by atoms with Crippen LogP contribution in [0.25, 0.3) is 0 Å². The maximum atomic E-state index is 11.6. The van der Waals surface area contributed by atoms with E-state index in [1.165, 1.54) is 6.92 Å². The quantitative estimate of drug-likeness (QED) is 0.855. The average molecular weight is 338 g/mol. The molecule has 0 bridgehead atoms. The lowest BCUT2D eigenvalue weighted by Crippen LogP contribution is -2.22. The molecule has 0 amide bonds. The van der Waals surface area contributed by atoms with Crippen molar-refractivity contribution in [2.24, 2.45) is 0 Å². The van der Waals surface area contributed by atoms with Crippen molar-refractivity contribution in [1.82, 2.24) is 0 Å². The predicted molar refractivity (Wildman–Crippen MR) is 68.1 cm³/mol. The molecule has 0 saturated heterocycles. The van der Waals surface area contributed by atoms with Gasteiger partial charge in [-0.2, -0.15) is 0 Å². The highest BCUT2D eigenvalue weighted by atomic mass is 127. The highest BCUT2D eigenvalue weighted by Gasteiger charge is 2.18. The first-order valence-electron chi connectivity index (χ1n) is 4.35. The van der Waals surface area contributed by atoms with E-state index in [1.54, 1.807) is 0 Å². The monoisotopic (exact) mass is 338 g/mol. The van der Waals surface area contributed by atoms with E-state index >= 15 is 0 Å². The molecule has 1 rings (SSSR count). The zero-order valence-corrected chi connectivity index (χ0v) is 11.1. The number of carbonyl (C=O) groups is 1.